The molecule has 0 saturated heterocycles. The van der Waals surface area contributed by atoms with Gasteiger partial charge in [-0.2, -0.15) is 4.98 Å². The Morgan fingerprint density at radius 3 is 2.80 bits per heavy atom. The second kappa shape index (κ2) is 5.48. The molecule has 15 heavy (non-hydrogen) atoms. The van der Waals surface area contributed by atoms with Gasteiger partial charge >= 0.3 is 0 Å². The number of amides is 1. The highest BCUT2D eigenvalue weighted by Gasteiger charge is 2.13. The fourth-order valence-electron chi connectivity index (χ4n) is 1.20. The van der Waals surface area contributed by atoms with E-state index in [0.717, 1.165) is 19.4 Å². The molecule has 0 atom stereocenters. The van der Waals surface area contributed by atoms with Crippen LogP contribution < -0.4 is 0 Å². The Kier molecular flexibility index (Phi) is 4.27. The summed E-state index contributed by atoms with van der Waals surface area (Å²) in [4.78, 5) is 17.3. The van der Waals surface area contributed by atoms with Crippen LogP contribution in [0.5, 0.6) is 0 Å². The van der Waals surface area contributed by atoms with E-state index in [0.29, 0.717) is 11.7 Å². The van der Waals surface area contributed by atoms with Crippen molar-refractivity contribution in [3.8, 4) is 0 Å². The lowest BCUT2D eigenvalue weighted by molar-refractivity contribution is -0.129. The topological polar surface area (TPSA) is 59.2 Å². The van der Waals surface area contributed by atoms with Crippen LogP contribution >= 0.6 is 0 Å². The maximum atomic E-state index is 11.6. The molecular formula is C10H17N3O2. The van der Waals surface area contributed by atoms with Crippen molar-refractivity contribution < 1.29 is 9.32 Å². The molecule has 84 valence electrons. The Balaban J connectivity index is 2.41. The zero-order valence-corrected chi connectivity index (χ0v) is 9.49. The van der Waals surface area contributed by atoms with E-state index in [2.05, 4.69) is 17.1 Å². The summed E-state index contributed by atoms with van der Waals surface area (Å²) >= 11 is 0. The van der Waals surface area contributed by atoms with Crippen molar-refractivity contribution in [2.45, 2.75) is 33.1 Å². The van der Waals surface area contributed by atoms with Gasteiger partial charge in [-0.25, -0.2) is 0 Å². The summed E-state index contributed by atoms with van der Waals surface area (Å²) in [6, 6.07) is 0. The van der Waals surface area contributed by atoms with Gasteiger partial charge in [-0.1, -0.05) is 18.5 Å². The lowest BCUT2D eigenvalue weighted by atomic mass is 10.3. The van der Waals surface area contributed by atoms with Crippen molar-refractivity contribution in [1.29, 1.82) is 0 Å². The molecule has 0 fully saturated rings. The van der Waals surface area contributed by atoms with E-state index in [9.17, 15) is 4.79 Å². The molecule has 1 aromatic rings. The summed E-state index contributed by atoms with van der Waals surface area (Å²) in [7, 11) is 1.79. The number of likely N-dealkylation sites (N-methyl/N-ethyl adjacent to an activating group) is 1. The van der Waals surface area contributed by atoms with Crippen molar-refractivity contribution in [3.05, 3.63) is 11.7 Å². The standard InChI is InChI=1S/C10H17N3O2/c1-4-5-6-13(3)10(14)7-9-11-8(2)12-15-9/h4-7H2,1-3H3. The molecule has 0 aliphatic carbocycles. The molecule has 0 saturated carbocycles. The van der Waals surface area contributed by atoms with Crippen molar-refractivity contribution in [3.63, 3.8) is 0 Å². The first-order chi connectivity index (χ1) is 7.13. The number of aromatic nitrogens is 2. The Bertz CT molecular complexity index is 322. The summed E-state index contributed by atoms with van der Waals surface area (Å²) < 4.78 is 4.88. The molecule has 0 aliphatic heterocycles. The van der Waals surface area contributed by atoms with Gasteiger partial charge in [0.15, 0.2) is 5.82 Å². The van der Waals surface area contributed by atoms with Crippen molar-refractivity contribution in [2.24, 2.45) is 0 Å². The van der Waals surface area contributed by atoms with E-state index in [1.54, 1.807) is 18.9 Å². The molecule has 0 radical (unpaired) electrons. The third-order valence-corrected chi connectivity index (χ3v) is 2.14. The summed E-state index contributed by atoms with van der Waals surface area (Å²) in [5, 5.41) is 3.63. The van der Waals surface area contributed by atoms with Gasteiger partial charge in [-0.3, -0.25) is 4.79 Å². The highest BCUT2D eigenvalue weighted by Crippen LogP contribution is 2.01. The monoisotopic (exact) mass is 211 g/mol. The predicted molar refractivity (Wildman–Crippen MR) is 55.3 cm³/mol. The number of aryl methyl sites for hydroxylation is 1. The van der Waals surface area contributed by atoms with Gasteiger partial charge in [0.05, 0.1) is 0 Å². The summed E-state index contributed by atoms with van der Waals surface area (Å²) in [5.74, 6) is 0.974. The van der Waals surface area contributed by atoms with Gasteiger partial charge in [0.1, 0.15) is 6.42 Å². The van der Waals surface area contributed by atoms with Crippen LogP contribution in [-0.2, 0) is 11.2 Å². The minimum absolute atomic E-state index is 0.0205. The van der Waals surface area contributed by atoms with Crippen molar-refractivity contribution in [2.75, 3.05) is 13.6 Å². The lowest BCUT2D eigenvalue weighted by Crippen LogP contribution is -2.29. The van der Waals surface area contributed by atoms with Crippen molar-refractivity contribution in [1.82, 2.24) is 15.0 Å². The van der Waals surface area contributed by atoms with Crippen LogP contribution in [0.4, 0.5) is 0 Å². The Morgan fingerprint density at radius 2 is 2.27 bits per heavy atom. The average molecular weight is 211 g/mol. The van der Waals surface area contributed by atoms with Crippen LogP contribution in [0.2, 0.25) is 0 Å². The summed E-state index contributed by atoms with van der Waals surface area (Å²) in [6.07, 6.45) is 2.30. The fourth-order valence-corrected chi connectivity index (χ4v) is 1.20. The van der Waals surface area contributed by atoms with Gasteiger partial charge in [0.25, 0.3) is 0 Å². The second-order valence-corrected chi connectivity index (χ2v) is 3.58. The number of hydrogen-bond acceptors (Lipinski definition) is 4. The molecule has 1 aromatic heterocycles. The van der Waals surface area contributed by atoms with Crippen LogP contribution in [0.3, 0.4) is 0 Å². The number of unbranched alkanes of at least 4 members (excludes halogenated alkanes) is 1. The van der Waals surface area contributed by atoms with E-state index in [1.165, 1.54) is 0 Å². The molecule has 1 amide bonds. The number of carbonyl (C=O) groups excluding carboxylic acids is 1. The van der Waals surface area contributed by atoms with Gasteiger partial charge in [-0.15, -0.1) is 0 Å². The SMILES string of the molecule is CCCCN(C)C(=O)Cc1nc(C)no1. The van der Waals surface area contributed by atoms with E-state index in [4.69, 9.17) is 4.52 Å². The fraction of sp³-hybridized carbons (Fsp3) is 0.700. The number of hydrogen-bond donors (Lipinski definition) is 0. The van der Waals surface area contributed by atoms with Gasteiger partial charge in [-0.05, 0) is 13.3 Å². The van der Waals surface area contributed by atoms with E-state index < -0.39 is 0 Å². The quantitative estimate of drug-likeness (QED) is 0.733. The lowest BCUT2D eigenvalue weighted by Gasteiger charge is -2.15. The molecule has 0 spiro atoms. The van der Waals surface area contributed by atoms with Crippen LogP contribution in [0, 0.1) is 6.92 Å². The molecule has 0 bridgehead atoms. The smallest absolute Gasteiger partial charge is 0.236 e. The number of nitrogens with zero attached hydrogens (tertiary/aromatic N) is 3. The average Bonchev–Trinajstić information content (AvgIpc) is 2.60. The third-order valence-electron chi connectivity index (χ3n) is 2.14. The van der Waals surface area contributed by atoms with Gasteiger partial charge in [0.2, 0.25) is 11.8 Å². The Morgan fingerprint density at radius 1 is 1.53 bits per heavy atom. The van der Waals surface area contributed by atoms with E-state index in [1.807, 2.05) is 0 Å². The third kappa shape index (κ3) is 3.69. The van der Waals surface area contributed by atoms with Crippen LogP contribution in [0.1, 0.15) is 31.5 Å². The normalized spacial score (nSPS) is 10.3. The first-order valence-corrected chi connectivity index (χ1v) is 5.16. The van der Waals surface area contributed by atoms with Gasteiger partial charge in [0, 0.05) is 13.6 Å². The summed E-state index contributed by atoms with van der Waals surface area (Å²) in [5.41, 5.74) is 0. The Hall–Kier alpha value is -1.39. The number of carbonyl (C=O) groups is 1. The molecule has 1 rings (SSSR count). The minimum Gasteiger partial charge on any atom is -0.345 e. The molecule has 5 nitrogen and oxygen atoms in total. The van der Waals surface area contributed by atoms with E-state index >= 15 is 0 Å². The van der Waals surface area contributed by atoms with Gasteiger partial charge < -0.3 is 9.42 Å². The maximum Gasteiger partial charge on any atom is 0.236 e. The van der Waals surface area contributed by atoms with Crippen LogP contribution in [-0.4, -0.2) is 34.5 Å². The molecule has 0 N–H and O–H groups in total. The molecule has 0 aromatic carbocycles. The zero-order valence-electron chi connectivity index (χ0n) is 9.49. The van der Waals surface area contributed by atoms with Crippen LogP contribution in [0.25, 0.3) is 0 Å². The predicted octanol–water partition coefficient (Wildman–Crippen LogP) is 1.18. The second-order valence-electron chi connectivity index (χ2n) is 3.58. The Labute approximate surface area is 89.5 Å². The zero-order chi connectivity index (χ0) is 11.3. The minimum atomic E-state index is 0.0205. The van der Waals surface area contributed by atoms with Crippen LogP contribution in [0.15, 0.2) is 4.52 Å². The maximum absolute atomic E-state index is 11.6. The van der Waals surface area contributed by atoms with E-state index in [-0.39, 0.29) is 12.3 Å². The first-order valence-electron chi connectivity index (χ1n) is 5.16. The molecule has 5 heteroatoms. The molecule has 1 heterocycles. The molecule has 0 aliphatic rings. The van der Waals surface area contributed by atoms with Crippen molar-refractivity contribution >= 4 is 5.91 Å². The largest absolute Gasteiger partial charge is 0.345 e. The first kappa shape index (κ1) is 11.7. The number of rotatable bonds is 5. The molecule has 0 unspecified atom stereocenters. The highest BCUT2D eigenvalue weighted by molar-refractivity contribution is 5.77. The molecular weight excluding hydrogens is 194 g/mol. The highest BCUT2D eigenvalue weighted by atomic mass is 16.5. The summed E-state index contributed by atoms with van der Waals surface area (Å²) in [6.45, 7) is 4.61.